The van der Waals surface area contributed by atoms with Crippen molar-refractivity contribution in [3.63, 3.8) is 0 Å². The van der Waals surface area contributed by atoms with E-state index in [0.29, 0.717) is 5.41 Å². The lowest BCUT2D eigenvalue weighted by Gasteiger charge is -2.27. The number of nitrogens with zero attached hydrogens (tertiary/aromatic N) is 1. The van der Waals surface area contributed by atoms with Crippen LogP contribution in [0.1, 0.15) is 47.5 Å². The molecule has 0 aromatic carbocycles. The van der Waals surface area contributed by atoms with Gasteiger partial charge in [-0.2, -0.15) is 0 Å². The number of rotatable bonds is 7. The zero-order valence-corrected chi connectivity index (χ0v) is 12.9. The van der Waals surface area contributed by atoms with Gasteiger partial charge in [-0.15, -0.1) is 0 Å². The molecule has 0 N–H and O–H groups in total. The molecular formula is C15H31NO2. The molecule has 108 valence electrons. The molecule has 1 aliphatic rings. The van der Waals surface area contributed by atoms with Crippen molar-refractivity contribution in [3.8, 4) is 0 Å². The first-order valence-corrected chi connectivity index (χ1v) is 7.43. The minimum atomic E-state index is -0.0197. The normalized spacial score (nSPS) is 22.0. The van der Waals surface area contributed by atoms with Crippen molar-refractivity contribution >= 4 is 0 Å². The third-order valence-electron chi connectivity index (χ3n) is 3.88. The van der Waals surface area contributed by atoms with Gasteiger partial charge in [-0.05, 0) is 38.1 Å². The van der Waals surface area contributed by atoms with Gasteiger partial charge in [-0.25, -0.2) is 0 Å². The Hall–Kier alpha value is -0.120. The minimum Gasteiger partial charge on any atom is -0.353 e. The highest BCUT2D eigenvalue weighted by molar-refractivity contribution is 4.83. The van der Waals surface area contributed by atoms with E-state index in [1.54, 1.807) is 0 Å². The number of hydrogen-bond acceptors (Lipinski definition) is 3. The summed E-state index contributed by atoms with van der Waals surface area (Å²) in [6.07, 6.45) is 2.30. The van der Waals surface area contributed by atoms with Crippen LogP contribution in [0.15, 0.2) is 0 Å². The molecule has 1 aliphatic heterocycles. The van der Waals surface area contributed by atoms with E-state index in [9.17, 15) is 0 Å². The molecule has 1 unspecified atom stereocenters. The fraction of sp³-hybridized carbons (Fsp3) is 1.00. The lowest BCUT2D eigenvalue weighted by atomic mass is 9.80. The molecule has 1 atom stereocenters. The van der Waals surface area contributed by atoms with Gasteiger partial charge >= 0.3 is 0 Å². The monoisotopic (exact) mass is 257 g/mol. The molecule has 0 spiro atoms. The van der Waals surface area contributed by atoms with Crippen molar-refractivity contribution in [3.05, 3.63) is 0 Å². The highest BCUT2D eigenvalue weighted by atomic mass is 16.7. The van der Waals surface area contributed by atoms with Gasteiger partial charge in [0.15, 0.2) is 6.29 Å². The molecule has 1 rings (SSSR count). The van der Waals surface area contributed by atoms with E-state index in [0.717, 1.165) is 32.1 Å². The topological polar surface area (TPSA) is 21.7 Å². The summed E-state index contributed by atoms with van der Waals surface area (Å²) in [5.74, 6) is 0.829. The predicted octanol–water partition coefficient (Wildman–Crippen LogP) is 3.14. The summed E-state index contributed by atoms with van der Waals surface area (Å²) in [5, 5.41) is 0. The van der Waals surface area contributed by atoms with E-state index in [4.69, 9.17) is 9.47 Å². The predicted molar refractivity (Wildman–Crippen MR) is 75.7 cm³/mol. The molecule has 3 heteroatoms. The van der Waals surface area contributed by atoms with Crippen LogP contribution in [-0.2, 0) is 9.47 Å². The van der Waals surface area contributed by atoms with Crippen molar-refractivity contribution in [1.29, 1.82) is 0 Å². The van der Waals surface area contributed by atoms with Crippen LogP contribution in [-0.4, -0.2) is 44.0 Å². The molecule has 0 aliphatic carbocycles. The molecule has 0 saturated carbocycles. The molecule has 3 nitrogen and oxygen atoms in total. The third kappa shape index (κ3) is 5.25. The molecule has 0 amide bonds. The largest absolute Gasteiger partial charge is 0.353 e. The fourth-order valence-electron chi connectivity index (χ4n) is 2.62. The first kappa shape index (κ1) is 15.9. The van der Waals surface area contributed by atoms with Crippen LogP contribution in [0.4, 0.5) is 0 Å². The number of likely N-dealkylation sites (tertiary alicyclic amines) is 1. The molecular weight excluding hydrogens is 226 g/mol. The average molecular weight is 257 g/mol. The Morgan fingerprint density at radius 2 is 1.78 bits per heavy atom. The maximum absolute atomic E-state index is 5.59. The van der Waals surface area contributed by atoms with E-state index in [1.165, 1.54) is 19.5 Å². The zero-order chi connectivity index (χ0) is 13.6. The van der Waals surface area contributed by atoms with Crippen molar-refractivity contribution in [1.82, 2.24) is 4.90 Å². The molecule has 1 fully saturated rings. The third-order valence-corrected chi connectivity index (χ3v) is 3.88. The highest BCUT2D eigenvalue weighted by Gasteiger charge is 2.31. The molecule has 0 aromatic heterocycles. The van der Waals surface area contributed by atoms with E-state index in [-0.39, 0.29) is 6.29 Å². The SMILES string of the molecule is CCOC(CCN1CCC(C(C)(C)C)C1)OCC. The van der Waals surface area contributed by atoms with Crippen LogP contribution in [0, 0.1) is 11.3 Å². The Morgan fingerprint density at radius 1 is 1.17 bits per heavy atom. The van der Waals surface area contributed by atoms with Gasteiger partial charge in [-0.1, -0.05) is 20.8 Å². The lowest BCUT2D eigenvalue weighted by molar-refractivity contribution is -0.141. The van der Waals surface area contributed by atoms with Crippen molar-refractivity contribution in [2.24, 2.45) is 11.3 Å². The van der Waals surface area contributed by atoms with Gasteiger partial charge < -0.3 is 14.4 Å². The van der Waals surface area contributed by atoms with Crippen LogP contribution < -0.4 is 0 Å². The standard InChI is InChI=1S/C15H31NO2/c1-6-17-14(18-7-2)9-11-16-10-8-13(12-16)15(3,4)5/h13-14H,6-12H2,1-5H3. The fourth-order valence-corrected chi connectivity index (χ4v) is 2.62. The first-order valence-electron chi connectivity index (χ1n) is 7.43. The first-order chi connectivity index (χ1) is 8.47. The van der Waals surface area contributed by atoms with Crippen LogP contribution in [0.25, 0.3) is 0 Å². The van der Waals surface area contributed by atoms with Crippen LogP contribution in [0.5, 0.6) is 0 Å². The second-order valence-electron chi connectivity index (χ2n) is 6.28. The van der Waals surface area contributed by atoms with Crippen molar-refractivity contribution in [2.75, 3.05) is 32.8 Å². The van der Waals surface area contributed by atoms with E-state index in [2.05, 4.69) is 25.7 Å². The Morgan fingerprint density at radius 3 is 2.22 bits per heavy atom. The Balaban J connectivity index is 2.27. The average Bonchev–Trinajstić information content (AvgIpc) is 2.75. The van der Waals surface area contributed by atoms with E-state index < -0.39 is 0 Å². The molecule has 18 heavy (non-hydrogen) atoms. The number of hydrogen-bond donors (Lipinski definition) is 0. The molecule has 1 heterocycles. The zero-order valence-electron chi connectivity index (χ0n) is 12.9. The van der Waals surface area contributed by atoms with Gasteiger partial charge in [0.2, 0.25) is 0 Å². The summed E-state index contributed by atoms with van der Waals surface area (Å²) in [5.41, 5.74) is 0.438. The Bertz CT molecular complexity index is 219. The van der Waals surface area contributed by atoms with Gasteiger partial charge in [0.05, 0.1) is 0 Å². The highest BCUT2D eigenvalue weighted by Crippen LogP contribution is 2.33. The molecule has 0 aromatic rings. The van der Waals surface area contributed by atoms with Crippen molar-refractivity contribution < 1.29 is 9.47 Å². The minimum absolute atomic E-state index is 0.0197. The summed E-state index contributed by atoms with van der Waals surface area (Å²) >= 11 is 0. The van der Waals surface area contributed by atoms with E-state index in [1.807, 2.05) is 13.8 Å². The lowest BCUT2D eigenvalue weighted by Crippen LogP contribution is -2.30. The summed E-state index contributed by atoms with van der Waals surface area (Å²) in [4.78, 5) is 2.56. The van der Waals surface area contributed by atoms with Crippen molar-refractivity contribution in [2.45, 2.75) is 53.8 Å². The molecule has 0 bridgehead atoms. The molecule has 0 radical (unpaired) electrons. The summed E-state index contributed by atoms with van der Waals surface area (Å²) in [6.45, 7) is 16.1. The van der Waals surface area contributed by atoms with Gasteiger partial charge in [0, 0.05) is 32.7 Å². The van der Waals surface area contributed by atoms with Crippen LogP contribution in [0.3, 0.4) is 0 Å². The second-order valence-corrected chi connectivity index (χ2v) is 6.28. The maximum Gasteiger partial charge on any atom is 0.158 e. The van der Waals surface area contributed by atoms with E-state index >= 15 is 0 Å². The number of ether oxygens (including phenoxy) is 2. The summed E-state index contributed by atoms with van der Waals surface area (Å²) in [6, 6.07) is 0. The van der Waals surface area contributed by atoms with Crippen LogP contribution in [0.2, 0.25) is 0 Å². The smallest absolute Gasteiger partial charge is 0.158 e. The molecule has 1 saturated heterocycles. The summed E-state index contributed by atoms with van der Waals surface area (Å²) in [7, 11) is 0. The van der Waals surface area contributed by atoms with Gasteiger partial charge in [-0.3, -0.25) is 0 Å². The Labute approximate surface area is 113 Å². The second kappa shape index (κ2) is 7.46. The van der Waals surface area contributed by atoms with Crippen LogP contribution >= 0.6 is 0 Å². The summed E-state index contributed by atoms with van der Waals surface area (Å²) < 4.78 is 11.2. The quantitative estimate of drug-likeness (QED) is 0.654. The maximum atomic E-state index is 5.59. The van der Waals surface area contributed by atoms with Gasteiger partial charge in [0.25, 0.3) is 0 Å². The Kier molecular flexibility index (Phi) is 6.61. The van der Waals surface area contributed by atoms with Gasteiger partial charge in [0.1, 0.15) is 0 Å².